The summed E-state index contributed by atoms with van der Waals surface area (Å²) in [6.45, 7) is 10.6. The van der Waals surface area contributed by atoms with Gasteiger partial charge in [0.05, 0.1) is 0 Å². The largest absolute Gasteiger partial charge is 0.370 e. The summed E-state index contributed by atoms with van der Waals surface area (Å²) in [4.78, 5) is 9.33. The maximum absolute atomic E-state index is 5.79. The fraction of sp³-hybridized carbons (Fsp3) is 0.611. The lowest BCUT2D eigenvalue weighted by molar-refractivity contribution is 0.126. The first-order valence-corrected chi connectivity index (χ1v) is 8.80. The summed E-state index contributed by atoms with van der Waals surface area (Å²) in [5.41, 5.74) is 7.20. The zero-order valence-corrected chi connectivity index (χ0v) is 14.4. The Kier molecular flexibility index (Phi) is 7.90. The molecule has 5 heteroatoms. The van der Waals surface area contributed by atoms with Crippen molar-refractivity contribution in [2.45, 2.75) is 26.3 Å². The second kappa shape index (κ2) is 10.2. The number of nitrogens with one attached hydrogen (secondary N) is 1. The molecule has 1 heterocycles. The first-order valence-electron chi connectivity index (χ1n) is 8.80. The highest BCUT2D eigenvalue weighted by Gasteiger charge is 2.16. The molecule has 0 bridgehead atoms. The van der Waals surface area contributed by atoms with E-state index < -0.39 is 0 Å². The van der Waals surface area contributed by atoms with Crippen LogP contribution in [0.1, 0.15) is 25.3 Å². The molecule has 1 aliphatic heterocycles. The average Bonchev–Trinajstić information content (AvgIpc) is 2.59. The molecule has 1 aromatic carbocycles. The monoisotopic (exact) mass is 317 g/mol. The Morgan fingerprint density at radius 2 is 1.83 bits per heavy atom. The molecule has 1 fully saturated rings. The Bertz CT molecular complexity index is 452. The minimum Gasteiger partial charge on any atom is -0.370 e. The normalized spacial score (nSPS) is 17.3. The van der Waals surface area contributed by atoms with Crippen LogP contribution in [-0.4, -0.2) is 61.6 Å². The molecule has 0 saturated carbocycles. The predicted octanol–water partition coefficient (Wildman–Crippen LogP) is 1.51. The molecular weight excluding hydrogens is 286 g/mol. The van der Waals surface area contributed by atoms with Gasteiger partial charge in [-0.05, 0) is 24.9 Å². The number of guanidine groups is 1. The fourth-order valence-electron chi connectivity index (χ4n) is 2.82. The molecule has 1 aliphatic rings. The Labute approximate surface area is 140 Å². The number of hydrogen-bond acceptors (Lipinski definition) is 3. The van der Waals surface area contributed by atoms with E-state index in [1.807, 2.05) is 0 Å². The van der Waals surface area contributed by atoms with Crippen molar-refractivity contribution in [3.05, 3.63) is 35.9 Å². The van der Waals surface area contributed by atoms with Crippen molar-refractivity contribution in [3.8, 4) is 0 Å². The highest BCUT2D eigenvalue weighted by atomic mass is 15.3. The van der Waals surface area contributed by atoms with Gasteiger partial charge in [-0.15, -0.1) is 0 Å². The lowest BCUT2D eigenvalue weighted by atomic mass is 10.2. The first kappa shape index (κ1) is 17.8. The van der Waals surface area contributed by atoms with Crippen molar-refractivity contribution in [1.82, 2.24) is 15.1 Å². The molecule has 5 nitrogen and oxygen atoms in total. The summed E-state index contributed by atoms with van der Waals surface area (Å²) >= 11 is 0. The van der Waals surface area contributed by atoms with Gasteiger partial charge in [0.2, 0.25) is 0 Å². The van der Waals surface area contributed by atoms with Gasteiger partial charge in [-0.3, -0.25) is 9.89 Å². The Balaban J connectivity index is 1.56. The summed E-state index contributed by atoms with van der Waals surface area (Å²) < 4.78 is 0. The van der Waals surface area contributed by atoms with E-state index in [0.717, 1.165) is 65.2 Å². The van der Waals surface area contributed by atoms with Crippen LogP contribution in [0.4, 0.5) is 0 Å². The van der Waals surface area contributed by atoms with Gasteiger partial charge in [0.25, 0.3) is 0 Å². The van der Waals surface area contributed by atoms with Crippen LogP contribution in [0.15, 0.2) is 35.3 Å². The van der Waals surface area contributed by atoms with Crippen molar-refractivity contribution in [2.24, 2.45) is 10.7 Å². The van der Waals surface area contributed by atoms with Crippen molar-refractivity contribution >= 4 is 5.96 Å². The first-order chi connectivity index (χ1) is 11.3. The van der Waals surface area contributed by atoms with Gasteiger partial charge in [0.1, 0.15) is 0 Å². The maximum Gasteiger partial charge on any atom is 0.188 e. The molecule has 0 aromatic heterocycles. The van der Waals surface area contributed by atoms with Crippen molar-refractivity contribution in [2.75, 3.05) is 45.8 Å². The molecule has 23 heavy (non-hydrogen) atoms. The minimum atomic E-state index is 0.583. The van der Waals surface area contributed by atoms with E-state index in [1.54, 1.807) is 0 Å². The molecule has 0 spiro atoms. The lowest BCUT2D eigenvalue weighted by Gasteiger charge is -2.34. The summed E-state index contributed by atoms with van der Waals surface area (Å²) in [6, 6.07) is 10.7. The van der Waals surface area contributed by atoms with Crippen LogP contribution in [0.25, 0.3) is 0 Å². The van der Waals surface area contributed by atoms with E-state index in [1.165, 1.54) is 5.56 Å². The summed E-state index contributed by atoms with van der Waals surface area (Å²) in [7, 11) is 0. The number of nitrogens with zero attached hydrogens (tertiary/aromatic N) is 3. The van der Waals surface area contributed by atoms with Crippen LogP contribution >= 0.6 is 0 Å². The smallest absolute Gasteiger partial charge is 0.188 e. The van der Waals surface area contributed by atoms with Crippen LogP contribution in [0.2, 0.25) is 0 Å². The van der Waals surface area contributed by atoms with Crippen molar-refractivity contribution in [3.63, 3.8) is 0 Å². The Morgan fingerprint density at radius 1 is 1.13 bits per heavy atom. The third-order valence-electron chi connectivity index (χ3n) is 4.18. The molecule has 0 unspecified atom stereocenters. The van der Waals surface area contributed by atoms with Gasteiger partial charge in [-0.2, -0.15) is 0 Å². The standard InChI is InChI=1S/C18H31N5/c1-2-9-20-18(19)21-10-6-11-22-12-14-23(15-13-22)16-17-7-4-3-5-8-17/h3-5,7-8H,2,6,9-16H2,1H3,(H3,19,20,21). The van der Waals surface area contributed by atoms with Crippen LogP contribution in [0, 0.1) is 0 Å². The highest BCUT2D eigenvalue weighted by Crippen LogP contribution is 2.08. The number of hydrogen-bond donors (Lipinski definition) is 2. The van der Waals surface area contributed by atoms with Crippen LogP contribution in [0.3, 0.4) is 0 Å². The van der Waals surface area contributed by atoms with E-state index in [-0.39, 0.29) is 0 Å². The van der Waals surface area contributed by atoms with E-state index in [0.29, 0.717) is 5.96 Å². The molecule has 3 N–H and O–H groups in total. The quantitative estimate of drug-likeness (QED) is 0.433. The van der Waals surface area contributed by atoms with E-state index in [4.69, 9.17) is 5.73 Å². The second-order valence-corrected chi connectivity index (χ2v) is 6.15. The zero-order valence-electron chi connectivity index (χ0n) is 14.4. The van der Waals surface area contributed by atoms with E-state index in [2.05, 4.69) is 57.4 Å². The molecular formula is C18H31N5. The molecule has 0 amide bonds. The van der Waals surface area contributed by atoms with Gasteiger partial charge >= 0.3 is 0 Å². The molecule has 0 radical (unpaired) electrons. The molecule has 128 valence electrons. The SMILES string of the molecule is CCCN=C(N)NCCCN1CCN(Cc2ccccc2)CC1. The molecule has 1 saturated heterocycles. The third kappa shape index (κ3) is 7.01. The van der Waals surface area contributed by atoms with Gasteiger partial charge in [-0.1, -0.05) is 37.3 Å². The number of piperazine rings is 1. The number of rotatable bonds is 8. The predicted molar refractivity (Wildman–Crippen MR) is 97.6 cm³/mol. The van der Waals surface area contributed by atoms with Crippen LogP contribution in [0.5, 0.6) is 0 Å². The lowest BCUT2D eigenvalue weighted by Crippen LogP contribution is -2.46. The summed E-state index contributed by atoms with van der Waals surface area (Å²) in [5.74, 6) is 0.583. The van der Waals surface area contributed by atoms with E-state index >= 15 is 0 Å². The summed E-state index contributed by atoms with van der Waals surface area (Å²) in [5, 5.41) is 3.19. The zero-order chi connectivity index (χ0) is 16.3. The van der Waals surface area contributed by atoms with Gasteiger partial charge in [0, 0.05) is 45.8 Å². The van der Waals surface area contributed by atoms with Crippen LogP contribution < -0.4 is 11.1 Å². The molecule has 2 rings (SSSR count). The average molecular weight is 317 g/mol. The highest BCUT2D eigenvalue weighted by molar-refractivity contribution is 5.77. The fourth-order valence-corrected chi connectivity index (χ4v) is 2.82. The minimum absolute atomic E-state index is 0.583. The summed E-state index contributed by atoms with van der Waals surface area (Å²) in [6.07, 6.45) is 2.15. The topological polar surface area (TPSA) is 56.9 Å². The number of nitrogens with two attached hydrogens (primary N) is 1. The third-order valence-corrected chi connectivity index (χ3v) is 4.18. The van der Waals surface area contributed by atoms with Gasteiger partial charge in [0.15, 0.2) is 5.96 Å². The molecule has 1 aromatic rings. The van der Waals surface area contributed by atoms with Gasteiger partial charge < -0.3 is 16.0 Å². The van der Waals surface area contributed by atoms with Crippen molar-refractivity contribution in [1.29, 1.82) is 0 Å². The Hall–Kier alpha value is -1.59. The second-order valence-electron chi connectivity index (χ2n) is 6.15. The molecule has 0 aliphatic carbocycles. The number of benzene rings is 1. The molecule has 0 atom stereocenters. The van der Waals surface area contributed by atoms with Crippen molar-refractivity contribution < 1.29 is 0 Å². The van der Waals surface area contributed by atoms with Crippen LogP contribution in [-0.2, 0) is 6.54 Å². The van der Waals surface area contributed by atoms with Gasteiger partial charge in [-0.25, -0.2) is 0 Å². The number of aliphatic imine (C=N–C) groups is 1. The maximum atomic E-state index is 5.79. The van der Waals surface area contributed by atoms with E-state index in [9.17, 15) is 0 Å². The Morgan fingerprint density at radius 3 is 2.52 bits per heavy atom.